The predicted octanol–water partition coefficient (Wildman–Crippen LogP) is 7.15. The molecule has 0 aliphatic rings. The first-order chi connectivity index (χ1) is 20.7. The van der Waals surface area contributed by atoms with Gasteiger partial charge in [0.05, 0.1) is 5.56 Å². The van der Waals surface area contributed by atoms with Gasteiger partial charge in [-0.25, -0.2) is 14.4 Å². The molecule has 8 heteroatoms. The third-order valence-corrected chi connectivity index (χ3v) is 6.09. The molecule has 0 bridgehead atoms. The SMILES string of the molecule is C=C(C)C(=O)OCOc1ccc(-c2ccc(OC(=O)c3ccc(-c4ccc(OCOC(=O)C(=C)C)cc4)cc3)cc2)cc1. The van der Waals surface area contributed by atoms with Crippen LogP contribution in [0.25, 0.3) is 22.3 Å². The third-order valence-electron chi connectivity index (χ3n) is 6.09. The Morgan fingerprint density at radius 3 is 1.19 bits per heavy atom. The van der Waals surface area contributed by atoms with Crippen LogP contribution >= 0.6 is 0 Å². The second-order valence-corrected chi connectivity index (χ2v) is 9.49. The molecule has 4 aromatic carbocycles. The Balaban J connectivity index is 1.28. The highest BCUT2D eigenvalue weighted by atomic mass is 16.7. The molecule has 0 saturated carbocycles. The molecule has 4 aromatic rings. The summed E-state index contributed by atoms with van der Waals surface area (Å²) in [6, 6.07) is 28.8. The first-order valence-corrected chi connectivity index (χ1v) is 13.2. The van der Waals surface area contributed by atoms with Gasteiger partial charge in [-0.2, -0.15) is 0 Å². The molecular formula is C35H30O8. The Morgan fingerprint density at radius 2 is 0.837 bits per heavy atom. The largest absolute Gasteiger partial charge is 0.457 e. The molecule has 0 heterocycles. The van der Waals surface area contributed by atoms with Gasteiger partial charge in [-0.1, -0.05) is 61.7 Å². The van der Waals surface area contributed by atoms with Gasteiger partial charge in [0.25, 0.3) is 0 Å². The fourth-order valence-electron chi connectivity index (χ4n) is 3.72. The van der Waals surface area contributed by atoms with Crippen molar-refractivity contribution in [1.29, 1.82) is 0 Å². The molecule has 0 unspecified atom stereocenters. The number of hydrogen-bond acceptors (Lipinski definition) is 8. The maximum absolute atomic E-state index is 12.7. The molecule has 8 nitrogen and oxygen atoms in total. The molecule has 0 fully saturated rings. The van der Waals surface area contributed by atoms with Gasteiger partial charge in [0.15, 0.2) is 0 Å². The third kappa shape index (κ3) is 8.68. The summed E-state index contributed by atoms with van der Waals surface area (Å²) in [5, 5.41) is 0. The van der Waals surface area contributed by atoms with Crippen molar-refractivity contribution in [1.82, 2.24) is 0 Å². The van der Waals surface area contributed by atoms with E-state index >= 15 is 0 Å². The molecule has 0 atom stereocenters. The van der Waals surface area contributed by atoms with Gasteiger partial charge in [0.2, 0.25) is 13.6 Å². The van der Waals surface area contributed by atoms with E-state index < -0.39 is 17.9 Å². The predicted molar refractivity (Wildman–Crippen MR) is 162 cm³/mol. The normalized spacial score (nSPS) is 10.3. The van der Waals surface area contributed by atoms with E-state index in [2.05, 4.69) is 13.2 Å². The van der Waals surface area contributed by atoms with Crippen LogP contribution in [0.3, 0.4) is 0 Å². The van der Waals surface area contributed by atoms with Crippen LogP contribution in [0.1, 0.15) is 24.2 Å². The van der Waals surface area contributed by atoms with Gasteiger partial charge in [0, 0.05) is 11.1 Å². The van der Waals surface area contributed by atoms with Crippen LogP contribution in [0.15, 0.2) is 121 Å². The van der Waals surface area contributed by atoms with Gasteiger partial charge in [-0.05, 0) is 84.6 Å². The Hall–Kier alpha value is -5.63. The van der Waals surface area contributed by atoms with Crippen molar-refractivity contribution in [3.63, 3.8) is 0 Å². The van der Waals surface area contributed by atoms with E-state index in [-0.39, 0.29) is 13.6 Å². The second kappa shape index (κ2) is 14.3. The molecule has 4 rings (SSSR count). The van der Waals surface area contributed by atoms with E-state index in [0.717, 1.165) is 22.3 Å². The van der Waals surface area contributed by atoms with Crippen LogP contribution < -0.4 is 14.2 Å². The minimum Gasteiger partial charge on any atom is -0.457 e. The van der Waals surface area contributed by atoms with Crippen LogP contribution in [0.2, 0.25) is 0 Å². The molecule has 0 radical (unpaired) electrons. The number of ether oxygens (including phenoxy) is 5. The lowest BCUT2D eigenvalue weighted by Gasteiger charge is -2.09. The fraction of sp³-hybridized carbons (Fsp3) is 0.114. The van der Waals surface area contributed by atoms with Crippen LogP contribution in [0, 0.1) is 0 Å². The zero-order valence-corrected chi connectivity index (χ0v) is 23.8. The summed E-state index contributed by atoms with van der Waals surface area (Å²) in [4.78, 5) is 35.6. The lowest BCUT2D eigenvalue weighted by molar-refractivity contribution is -0.146. The van der Waals surface area contributed by atoms with E-state index in [9.17, 15) is 14.4 Å². The molecule has 218 valence electrons. The average Bonchev–Trinajstić information content (AvgIpc) is 3.02. The Morgan fingerprint density at radius 1 is 0.512 bits per heavy atom. The maximum Gasteiger partial charge on any atom is 0.343 e. The van der Waals surface area contributed by atoms with Crippen LogP contribution in [-0.4, -0.2) is 31.5 Å². The molecule has 43 heavy (non-hydrogen) atoms. The molecular weight excluding hydrogens is 548 g/mol. The standard InChI is InChI=1S/C35H30O8/c1-23(2)33(36)41-21-39-30-15-9-26(10-16-30)25-5-7-29(8-6-25)35(38)43-32-19-13-28(14-20-32)27-11-17-31(18-12-27)40-22-42-34(37)24(3)4/h5-20H,1,3,21-22H2,2,4H3. The second-order valence-electron chi connectivity index (χ2n) is 9.49. The van der Waals surface area contributed by atoms with Crippen LogP contribution in [0.4, 0.5) is 0 Å². The minimum atomic E-state index is -0.511. The number of carbonyl (C=O) groups is 3. The van der Waals surface area contributed by atoms with E-state index in [1.165, 1.54) is 0 Å². The van der Waals surface area contributed by atoms with Gasteiger partial charge in [0.1, 0.15) is 17.2 Å². The zero-order chi connectivity index (χ0) is 30.8. The summed E-state index contributed by atoms with van der Waals surface area (Å²) in [5.41, 5.74) is 4.71. The Bertz CT molecular complexity index is 1600. The van der Waals surface area contributed by atoms with E-state index in [1.54, 1.807) is 62.4 Å². The summed E-state index contributed by atoms with van der Waals surface area (Å²) in [5.74, 6) is 0.0331. The van der Waals surface area contributed by atoms with Crippen molar-refractivity contribution < 1.29 is 38.1 Å². The lowest BCUT2D eigenvalue weighted by Crippen LogP contribution is -2.10. The van der Waals surface area contributed by atoms with Crippen LogP contribution in [0.5, 0.6) is 17.2 Å². The lowest BCUT2D eigenvalue weighted by atomic mass is 10.0. The van der Waals surface area contributed by atoms with E-state index in [0.29, 0.717) is 34.0 Å². The van der Waals surface area contributed by atoms with Gasteiger partial charge in [-0.3, -0.25) is 0 Å². The molecule has 0 aliphatic heterocycles. The van der Waals surface area contributed by atoms with E-state index in [1.807, 2.05) is 48.5 Å². The van der Waals surface area contributed by atoms with Crippen molar-refractivity contribution >= 4 is 17.9 Å². The zero-order valence-electron chi connectivity index (χ0n) is 23.8. The van der Waals surface area contributed by atoms with Gasteiger partial charge >= 0.3 is 17.9 Å². The van der Waals surface area contributed by atoms with Gasteiger partial charge in [-0.15, -0.1) is 0 Å². The molecule has 0 aromatic heterocycles. The molecule has 0 spiro atoms. The molecule has 0 aliphatic carbocycles. The van der Waals surface area contributed by atoms with Crippen molar-refractivity contribution in [2.75, 3.05) is 13.6 Å². The van der Waals surface area contributed by atoms with Crippen LogP contribution in [-0.2, 0) is 19.1 Å². The van der Waals surface area contributed by atoms with Crippen molar-refractivity contribution in [3.05, 3.63) is 127 Å². The quantitative estimate of drug-likeness (QED) is 0.0757. The first-order valence-electron chi connectivity index (χ1n) is 13.2. The van der Waals surface area contributed by atoms with Crippen molar-refractivity contribution in [2.45, 2.75) is 13.8 Å². The van der Waals surface area contributed by atoms with Crippen molar-refractivity contribution in [2.24, 2.45) is 0 Å². The first kappa shape index (κ1) is 30.3. The number of rotatable bonds is 12. The smallest absolute Gasteiger partial charge is 0.343 e. The highest BCUT2D eigenvalue weighted by molar-refractivity contribution is 5.91. The monoisotopic (exact) mass is 578 g/mol. The Labute approximate surface area is 249 Å². The summed E-state index contributed by atoms with van der Waals surface area (Å²) in [7, 11) is 0. The number of esters is 3. The summed E-state index contributed by atoms with van der Waals surface area (Å²) in [6.45, 7) is 9.77. The summed E-state index contributed by atoms with van der Waals surface area (Å²) in [6.07, 6.45) is 0. The number of benzene rings is 4. The molecule has 0 N–H and O–H groups in total. The van der Waals surface area contributed by atoms with E-state index in [4.69, 9.17) is 23.7 Å². The highest BCUT2D eigenvalue weighted by Gasteiger charge is 2.10. The molecule has 0 amide bonds. The highest BCUT2D eigenvalue weighted by Crippen LogP contribution is 2.26. The number of carbonyl (C=O) groups excluding carboxylic acids is 3. The minimum absolute atomic E-state index is 0.200. The number of hydrogen-bond donors (Lipinski definition) is 0. The topological polar surface area (TPSA) is 97.4 Å². The summed E-state index contributed by atoms with van der Waals surface area (Å²) >= 11 is 0. The summed E-state index contributed by atoms with van der Waals surface area (Å²) < 4.78 is 26.3. The maximum atomic E-state index is 12.7. The van der Waals surface area contributed by atoms with Gasteiger partial charge < -0.3 is 23.7 Å². The van der Waals surface area contributed by atoms with Crippen molar-refractivity contribution in [3.8, 4) is 39.5 Å². The Kier molecular flexibility index (Phi) is 10.1. The average molecular weight is 579 g/mol. The molecule has 0 saturated heterocycles. The fourth-order valence-corrected chi connectivity index (χ4v) is 3.72.